The summed E-state index contributed by atoms with van der Waals surface area (Å²) in [5.41, 5.74) is 5.94. The molecule has 0 aliphatic heterocycles. The highest BCUT2D eigenvalue weighted by Gasteiger charge is 2.04. The van der Waals surface area contributed by atoms with Crippen LogP contribution in [0.5, 0.6) is 0 Å². The molecule has 86 valence electrons. The number of hydrogen-bond acceptors (Lipinski definition) is 3. The largest absolute Gasteiger partial charge is 0.327 e. The van der Waals surface area contributed by atoms with Gasteiger partial charge in [0, 0.05) is 12.6 Å². The maximum absolute atomic E-state index is 5.94. The van der Waals surface area contributed by atoms with Gasteiger partial charge in [0.25, 0.3) is 0 Å². The Hall–Kier alpha value is -0.120. The normalized spacial score (nSPS) is 13.9. The Labute approximate surface area is 89.0 Å². The molecule has 0 aromatic heterocycles. The highest BCUT2D eigenvalue weighted by atomic mass is 15.1. The summed E-state index contributed by atoms with van der Waals surface area (Å²) in [5.74, 6) is 0.702. The zero-order chi connectivity index (χ0) is 11.0. The third-order valence-corrected chi connectivity index (χ3v) is 2.14. The SMILES string of the molecule is CC(C)CC(N)CNCCCN(C)C. The van der Waals surface area contributed by atoms with Crippen LogP contribution < -0.4 is 11.1 Å². The topological polar surface area (TPSA) is 41.3 Å². The Morgan fingerprint density at radius 3 is 2.43 bits per heavy atom. The third kappa shape index (κ3) is 9.96. The van der Waals surface area contributed by atoms with Crippen LogP contribution in [0.1, 0.15) is 26.7 Å². The van der Waals surface area contributed by atoms with Crippen molar-refractivity contribution in [1.82, 2.24) is 10.2 Å². The van der Waals surface area contributed by atoms with Crippen LogP contribution in [0.25, 0.3) is 0 Å². The standard InChI is InChI=1S/C11H27N3/c1-10(2)8-11(12)9-13-6-5-7-14(3)4/h10-11,13H,5-9,12H2,1-4H3. The van der Waals surface area contributed by atoms with Gasteiger partial charge in [-0.2, -0.15) is 0 Å². The van der Waals surface area contributed by atoms with E-state index in [9.17, 15) is 0 Å². The highest BCUT2D eigenvalue weighted by Crippen LogP contribution is 2.01. The van der Waals surface area contributed by atoms with Crippen molar-refractivity contribution in [3.63, 3.8) is 0 Å². The van der Waals surface area contributed by atoms with Gasteiger partial charge >= 0.3 is 0 Å². The van der Waals surface area contributed by atoms with Gasteiger partial charge in [-0.25, -0.2) is 0 Å². The van der Waals surface area contributed by atoms with Gasteiger partial charge < -0.3 is 16.0 Å². The lowest BCUT2D eigenvalue weighted by molar-refractivity contribution is 0.389. The molecule has 0 aromatic rings. The Kier molecular flexibility index (Phi) is 8.14. The van der Waals surface area contributed by atoms with E-state index in [0.29, 0.717) is 12.0 Å². The molecule has 0 heterocycles. The summed E-state index contributed by atoms with van der Waals surface area (Å²) in [7, 11) is 4.20. The summed E-state index contributed by atoms with van der Waals surface area (Å²) in [6, 6.07) is 0.314. The lowest BCUT2D eigenvalue weighted by atomic mass is 10.0. The average Bonchev–Trinajstić information content (AvgIpc) is 2.01. The number of nitrogens with two attached hydrogens (primary N) is 1. The van der Waals surface area contributed by atoms with Crippen LogP contribution in [-0.4, -0.2) is 44.7 Å². The van der Waals surface area contributed by atoms with Crippen LogP contribution in [0.4, 0.5) is 0 Å². The van der Waals surface area contributed by atoms with Gasteiger partial charge in [-0.1, -0.05) is 13.8 Å². The Morgan fingerprint density at radius 1 is 1.29 bits per heavy atom. The molecule has 0 rings (SSSR count). The van der Waals surface area contributed by atoms with Crippen LogP contribution in [-0.2, 0) is 0 Å². The van der Waals surface area contributed by atoms with Crippen LogP contribution >= 0.6 is 0 Å². The minimum atomic E-state index is 0.314. The molecule has 0 spiro atoms. The zero-order valence-corrected chi connectivity index (χ0v) is 10.2. The smallest absolute Gasteiger partial charge is 0.0167 e. The number of hydrogen-bond donors (Lipinski definition) is 2. The molecule has 0 radical (unpaired) electrons. The Balaban J connectivity index is 3.19. The van der Waals surface area contributed by atoms with Crippen molar-refractivity contribution in [2.24, 2.45) is 11.7 Å². The van der Waals surface area contributed by atoms with Crippen LogP contribution in [0.15, 0.2) is 0 Å². The second-order valence-corrected chi connectivity index (χ2v) is 4.75. The van der Waals surface area contributed by atoms with E-state index < -0.39 is 0 Å². The second-order valence-electron chi connectivity index (χ2n) is 4.75. The van der Waals surface area contributed by atoms with Crippen molar-refractivity contribution >= 4 is 0 Å². The molecule has 0 saturated carbocycles. The van der Waals surface area contributed by atoms with E-state index in [1.807, 2.05) is 0 Å². The lowest BCUT2D eigenvalue weighted by Gasteiger charge is -2.15. The molecule has 14 heavy (non-hydrogen) atoms. The van der Waals surface area contributed by atoms with Gasteiger partial charge in [0.2, 0.25) is 0 Å². The fourth-order valence-corrected chi connectivity index (χ4v) is 1.50. The molecule has 1 unspecified atom stereocenters. The summed E-state index contributed by atoms with van der Waals surface area (Å²) in [5, 5.41) is 3.39. The molecular weight excluding hydrogens is 174 g/mol. The minimum Gasteiger partial charge on any atom is -0.327 e. The van der Waals surface area contributed by atoms with E-state index in [1.165, 1.54) is 6.42 Å². The van der Waals surface area contributed by atoms with E-state index in [0.717, 1.165) is 26.1 Å². The zero-order valence-electron chi connectivity index (χ0n) is 10.2. The van der Waals surface area contributed by atoms with Crippen molar-refractivity contribution in [1.29, 1.82) is 0 Å². The van der Waals surface area contributed by atoms with E-state index >= 15 is 0 Å². The first-order valence-electron chi connectivity index (χ1n) is 5.63. The van der Waals surface area contributed by atoms with Gasteiger partial charge in [-0.05, 0) is 45.9 Å². The summed E-state index contributed by atoms with van der Waals surface area (Å²) >= 11 is 0. The monoisotopic (exact) mass is 201 g/mol. The first kappa shape index (κ1) is 13.9. The number of rotatable bonds is 8. The molecule has 0 bridgehead atoms. The number of nitrogens with one attached hydrogen (secondary N) is 1. The van der Waals surface area contributed by atoms with Gasteiger partial charge in [0.1, 0.15) is 0 Å². The Bertz CT molecular complexity index is 124. The summed E-state index contributed by atoms with van der Waals surface area (Å²) in [4.78, 5) is 2.20. The molecule has 1 atom stereocenters. The van der Waals surface area contributed by atoms with Crippen molar-refractivity contribution < 1.29 is 0 Å². The Morgan fingerprint density at radius 2 is 1.93 bits per heavy atom. The van der Waals surface area contributed by atoms with Gasteiger partial charge in [-0.3, -0.25) is 0 Å². The first-order valence-corrected chi connectivity index (χ1v) is 5.63. The predicted octanol–water partition coefficient (Wildman–Crippen LogP) is 0.901. The summed E-state index contributed by atoms with van der Waals surface area (Å²) < 4.78 is 0. The fourth-order valence-electron chi connectivity index (χ4n) is 1.50. The highest BCUT2D eigenvalue weighted by molar-refractivity contribution is 4.66. The quantitative estimate of drug-likeness (QED) is 0.573. The van der Waals surface area contributed by atoms with Crippen LogP contribution in [0.2, 0.25) is 0 Å². The number of nitrogens with zero attached hydrogens (tertiary/aromatic N) is 1. The summed E-state index contributed by atoms with van der Waals surface area (Å²) in [6.07, 6.45) is 2.31. The molecule has 0 aliphatic rings. The predicted molar refractivity (Wildman–Crippen MR) is 63.5 cm³/mol. The van der Waals surface area contributed by atoms with Crippen LogP contribution in [0, 0.1) is 5.92 Å². The van der Waals surface area contributed by atoms with E-state index in [-0.39, 0.29) is 0 Å². The molecule has 3 N–H and O–H groups in total. The second kappa shape index (κ2) is 8.21. The molecule has 3 nitrogen and oxygen atoms in total. The minimum absolute atomic E-state index is 0.314. The first-order chi connectivity index (χ1) is 6.52. The molecule has 0 fully saturated rings. The maximum atomic E-state index is 5.94. The molecule has 0 amide bonds. The van der Waals surface area contributed by atoms with Crippen LogP contribution in [0.3, 0.4) is 0 Å². The fraction of sp³-hybridized carbons (Fsp3) is 1.00. The summed E-state index contributed by atoms with van der Waals surface area (Å²) in [6.45, 7) is 7.60. The van der Waals surface area contributed by atoms with Crippen molar-refractivity contribution in [2.45, 2.75) is 32.7 Å². The van der Waals surface area contributed by atoms with Gasteiger partial charge in [-0.15, -0.1) is 0 Å². The molecule has 3 heteroatoms. The molecular formula is C11H27N3. The van der Waals surface area contributed by atoms with Crippen molar-refractivity contribution in [3.05, 3.63) is 0 Å². The third-order valence-electron chi connectivity index (χ3n) is 2.14. The van der Waals surface area contributed by atoms with E-state index in [2.05, 4.69) is 38.2 Å². The maximum Gasteiger partial charge on any atom is 0.0167 e. The molecule has 0 saturated heterocycles. The molecule has 0 aromatic carbocycles. The average molecular weight is 201 g/mol. The van der Waals surface area contributed by atoms with E-state index in [1.54, 1.807) is 0 Å². The lowest BCUT2D eigenvalue weighted by Crippen LogP contribution is -2.35. The van der Waals surface area contributed by atoms with Crippen molar-refractivity contribution in [3.8, 4) is 0 Å². The molecule has 0 aliphatic carbocycles. The van der Waals surface area contributed by atoms with Gasteiger partial charge in [0.15, 0.2) is 0 Å². The van der Waals surface area contributed by atoms with Gasteiger partial charge in [0.05, 0.1) is 0 Å². The van der Waals surface area contributed by atoms with Crippen molar-refractivity contribution in [2.75, 3.05) is 33.7 Å². The van der Waals surface area contributed by atoms with E-state index in [4.69, 9.17) is 5.73 Å².